The van der Waals surface area contributed by atoms with Gasteiger partial charge in [0.25, 0.3) is 0 Å². The van der Waals surface area contributed by atoms with Gasteiger partial charge in [-0.25, -0.2) is 0 Å². The second-order valence-electron chi connectivity index (χ2n) is 3.94. The Kier molecular flexibility index (Phi) is 6.25. The zero-order chi connectivity index (χ0) is 13.9. The van der Waals surface area contributed by atoms with E-state index in [0.717, 1.165) is 9.69 Å². The fourth-order valence-electron chi connectivity index (χ4n) is 1.71. The third-order valence-electron chi connectivity index (χ3n) is 2.67. The Hall–Kier alpha value is -2.20. The number of nitrogens with zero attached hydrogens (tertiary/aromatic N) is 6. The molecule has 0 saturated heterocycles. The number of aromatic nitrogens is 6. The summed E-state index contributed by atoms with van der Waals surface area (Å²) in [5, 5.41) is 32.1. The van der Waals surface area contributed by atoms with Gasteiger partial charge in [0.15, 0.2) is 0 Å². The molecule has 0 atom stereocenters. The van der Waals surface area contributed by atoms with Crippen molar-refractivity contribution in [3.8, 4) is 0 Å². The van der Waals surface area contributed by atoms with E-state index in [0.29, 0.717) is 22.1 Å². The third-order valence-corrected chi connectivity index (χ3v) is 2.67. The molecule has 0 amide bonds. The zero-order valence-electron chi connectivity index (χ0n) is 12.7. The minimum atomic E-state index is 0. The SMILES string of the molecule is O.On1nnc2ccccc21.On1nnc2ccccc21.[H-].[Na+]. The molecule has 0 aliphatic rings. The molecular formula is C12H13N6NaO3. The smallest absolute Gasteiger partial charge is 1.00 e. The minimum absolute atomic E-state index is 0. The van der Waals surface area contributed by atoms with Crippen LogP contribution in [0.5, 0.6) is 0 Å². The van der Waals surface area contributed by atoms with Crippen molar-refractivity contribution in [2.75, 3.05) is 0 Å². The van der Waals surface area contributed by atoms with Crippen LogP contribution in [0.25, 0.3) is 22.1 Å². The van der Waals surface area contributed by atoms with E-state index in [-0.39, 0.29) is 36.5 Å². The molecule has 0 fully saturated rings. The Morgan fingerprint density at radius 3 is 1.45 bits per heavy atom. The zero-order valence-corrected chi connectivity index (χ0v) is 13.7. The van der Waals surface area contributed by atoms with Crippen LogP contribution < -0.4 is 29.6 Å². The molecule has 0 aliphatic carbocycles. The Labute approximate surface area is 147 Å². The Morgan fingerprint density at radius 1 is 0.727 bits per heavy atom. The maximum Gasteiger partial charge on any atom is 1.00 e. The van der Waals surface area contributed by atoms with Crippen LogP contribution in [0.3, 0.4) is 0 Å². The van der Waals surface area contributed by atoms with Crippen LogP contribution >= 0.6 is 0 Å². The van der Waals surface area contributed by atoms with Crippen molar-refractivity contribution in [2.45, 2.75) is 0 Å². The number of benzene rings is 2. The van der Waals surface area contributed by atoms with Gasteiger partial charge in [0, 0.05) is 0 Å². The average molecular weight is 312 g/mol. The first-order valence-corrected chi connectivity index (χ1v) is 5.75. The van der Waals surface area contributed by atoms with E-state index in [2.05, 4.69) is 20.6 Å². The predicted octanol–water partition coefficient (Wildman–Crippen LogP) is -2.37. The monoisotopic (exact) mass is 312 g/mol. The molecule has 9 nitrogen and oxygen atoms in total. The van der Waals surface area contributed by atoms with Gasteiger partial charge in [-0.15, -0.1) is 10.2 Å². The van der Waals surface area contributed by atoms with Crippen LogP contribution in [-0.2, 0) is 0 Å². The van der Waals surface area contributed by atoms with E-state index in [1.807, 2.05) is 24.3 Å². The molecule has 0 saturated carbocycles. The van der Waals surface area contributed by atoms with Crippen LogP contribution in [0.1, 0.15) is 1.43 Å². The summed E-state index contributed by atoms with van der Waals surface area (Å²) in [6.07, 6.45) is 0. The summed E-state index contributed by atoms with van der Waals surface area (Å²) in [4.78, 5) is 1.52. The second-order valence-corrected chi connectivity index (χ2v) is 3.94. The summed E-state index contributed by atoms with van der Waals surface area (Å²) in [5.41, 5.74) is 2.65. The summed E-state index contributed by atoms with van der Waals surface area (Å²) in [6, 6.07) is 14.4. The van der Waals surface area contributed by atoms with E-state index >= 15 is 0 Å². The summed E-state index contributed by atoms with van der Waals surface area (Å²) >= 11 is 0. The minimum Gasteiger partial charge on any atom is -1.00 e. The van der Waals surface area contributed by atoms with Crippen molar-refractivity contribution >= 4 is 22.1 Å². The Bertz CT molecular complexity index is 796. The van der Waals surface area contributed by atoms with E-state index < -0.39 is 0 Å². The molecule has 0 radical (unpaired) electrons. The Morgan fingerprint density at radius 2 is 1.09 bits per heavy atom. The number of rotatable bonds is 0. The van der Waals surface area contributed by atoms with Crippen LogP contribution in [0, 0.1) is 0 Å². The van der Waals surface area contributed by atoms with E-state index in [4.69, 9.17) is 10.4 Å². The molecule has 0 unspecified atom stereocenters. The maximum atomic E-state index is 8.95. The fraction of sp³-hybridized carbons (Fsp3) is 0. The Balaban J connectivity index is 0.000000372. The molecule has 0 spiro atoms. The van der Waals surface area contributed by atoms with E-state index in [1.165, 1.54) is 0 Å². The molecule has 4 aromatic rings. The van der Waals surface area contributed by atoms with Crippen molar-refractivity contribution in [3.05, 3.63) is 48.5 Å². The normalized spacial score (nSPS) is 9.45. The summed E-state index contributed by atoms with van der Waals surface area (Å²) in [7, 11) is 0. The molecule has 2 aromatic carbocycles. The van der Waals surface area contributed by atoms with Gasteiger partial charge in [-0.3, -0.25) is 0 Å². The van der Waals surface area contributed by atoms with Crippen molar-refractivity contribution in [1.29, 1.82) is 0 Å². The van der Waals surface area contributed by atoms with Gasteiger partial charge in [-0.05, 0) is 34.7 Å². The first-order valence-electron chi connectivity index (χ1n) is 5.75. The summed E-state index contributed by atoms with van der Waals surface area (Å²) in [5.74, 6) is 0. The van der Waals surface area contributed by atoms with E-state index in [1.54, 1.807) is 24.3 Å². The van der Waals surface area contributed by atoms with Gasteiger partial charge in [0.2, 0.25) is 0 Å². The van der Waals surface area contributed by atoms with Crippen LogP contribution in [0.15, 0.2) is 48.5 Å². The molecule has 10 heteroatoms. The topological polar surface area (TPSA) is 133 Å². The number of hydrogen-bond acceptors (Lipinski definition) is 6. The molecule has 2 aromatic heterocycles. The number of hydrogen-bond donors (Lipinski definition) is 2. The van der Waals surface area contributed by atoms with Crippen molar-refractivity contribution in [1.82, 2.24) is 30.3 Å². The molecule has 22 heavy (non-hydrogen) atoms. The summed E-state index contributed by atoms with van der Waals surface area (Å²) in [6.45, 7) is 0. The van der Waals surface area contributed by atoms with Crippen LogP contribution in [0.4, 0.5) is 0 Å². The molecule has 110 valence electrons. The molecule has 4 rings (SSSR count). The molecule has 0 bridgehead atoms. The third kappa shape index (κ3) is 3.52. The molecular weight excluding hydrogens is 299 g/mol. The van der Waals surface area contributed by atoms with Crippen LogP contribution in [0.2, 0.25) is 0 Å². The fourth-order valence-corrected chi connectivity index (χ4v) is 1.71. The van der Waals surface area contributed by atoms with Crippen molar-refractivity contribution in [2.24, 2.45) is 0 Å². The first-order chi connectivity index (χ1) is 9.75. The molecule has 2 heterocycles. The van der Waals surface area contributed by atoms with Gasteiger partial charge in [-0.1, -0.05) is 34.0 Å². The van der Waals surface area contributed by atoms with Gasteiger partial charge < -0.3 is 17.3 Å². The number of fused-ring (bicyclic) bond motifs is 2. The van der Waals surface area contributed by atoms with Crippen molar-refractivity contribution < 1.29 is 46.9 Å². The van der Waals surface area contributed by atoms with Gasteiger partial charge in [-0.2, -0.15) is 0 Å². The molecule has 0 aliphatic heterocycles. The van der Waals surface area contributed by atoms with Gasteiger partial charge in [0.05, 0.1) is 0 Å². The number of para-hydroxylation sites is 2. The predicted molar refractivity (Wildman–Crippen MR) is 74.2 cm³/mol. The van der Waals surface area contributed by atoms with Crippen molar-refractivity contribution in [3.63, 3.8) is 0 Å². The summed E-state index contributed by atoms with van der Waals surface area (Å²) < 4.78 is 0. The quantitative estimate of drug-likeness (QED) is 0.275. The first kappa shape index (κ1) is 17.9. The van der Waals surface area contributed by atoms with Gasteiger partial charge >= 0.3 is 29.6 Å². The second kappa shape index (κ2) is 7.71. The largest absolute Gasteiger partial charge is 1.00 e. The van der Waals surface area contributed by atoms with E-state index in [9.17, 15) is 0 Å². The maximum absolute atomic E-state index is 8.95. The molecule has 4 N–H and O–H groups in total. The van der Waals surface area contributed by atoms with Gasteiger partial charge in [0.1, 0.15) is 22.1 Å². The van der Waals surface area contributed by atoms with Crippen LogP contribution in [-0.4, -0.2) is 46.2 Å². The standard InChI is InChI=1S/2C6H5N3O.Na.H2O.H/c2*10-9-6-4-2-1-3-5(6)7-8-9;;;/h2*1-4,10H;;1H2;/q;;+1;;-1. The average Bonchev–Trinajstić information content (AvgIpc) is 3.05.